The van der Waals surface area contributed by atoms with Gasteiger partial charge in [0.15, 0.2) is 0 Å². The molecule has 2 rings (SSSR count). The molecule has 1 aromatic heterocycles. The van der Waals surface area contributed by atoms with Crippen LogP contribution in [0.3, 0.4) is 0 Å². The van der Waals surface area contributed by atoms with E-state index in [9.17, 15) is 0 Å². The summed E-state index contributed by atoms with van der Waals surface area (Å²) >= 11 is 0. The van der Waals surface area contributed by atoms with E-state index in [1.54, 1.807) is 7.11 Å². The Morgan fingerprint density at radius 2 is 1.90 bits per heavy atom. The molecule has 1 atom stereocenters. The Morgan fingerprint density at radius 3 is 2.55 bits per heavy atom. The first kappa shape index (κ1) is 14.7. The summed E-state index contributed by atoms with van der Waals surface area (Å²) in [5, 5.41) is 0. The van der Waals surface area contributed by atoms with Gasteiger partial charge in [-0.05, 0) is 37.0 Å². The van der Waals surface area contributed by atoms with Crippen LogP contribution in [0.25, 0.3) is 11.3 Å². The van der Waals surface area contributed by atoms with Gasteiger partial charge in [0.25, 0.3) is 0 Å². The molecular formula is C17H22N2O. The van der Waals surface area contributed by atoms with Crippen molar-refractivity contribution in [1.82, 2.24) is 9.97 Å². The van der Waals surface area contributed by atoms with Gasteiger partial charge in [-0.25, -0.2) is 9.97 Å². The minimum Gasteiger partial charge on any atom is -0.377 e. The molecule has 20 heavy (non-hydrogen) atoms. The van der Waals surface area contributed by atoms with Crippen LogP contribution in [-0.2, 0) is 4.74 Å². The summed E-state index contributed by atoms with van der Waals surface area (Å²) < 4.78 is 5.40. The lowest BCUT2D eigenvalue weighted by molar-refractivity contribution is 0.119. The van der Waals surface area contributed by atoms with Crippen molar-refractivity contribution in [2.75, 3.05) is 7.11 Å². The maximum absolute atomic E-state index is 5.40. The largest absolute Gasteiger partial charge is 0.377 e. The molecule has 1 aromatic carbocycles. The second kappa shape index (κ2) is 6.14. The molecule has 0 aliphatic rings. The Labute approximate surface area is 121 Å². The molecule has 3 nitrogen and oxygen atoms in total. The van der Waals surface area contributed by atoms with Gasteiger partial charge in [-0.15, -0.1) is 0 Å². The smallest absolute Gasteiger partial charge is 0.125 e. The maximum atomic E-state index is 5.40. The summed E-state index contributed by atoms with van der Waals surface area (Å²) in [6.45, 7) is 8.31. The molecule has 2 aromatic rings. The number of aryl methyl sites for hydroxylation is 1. The quantitative estimate of drug-likeness (QED) is 0.831. The number of aromatic nitrogens is 2. The van der Waals surface area contributed by atoms with Gasteiger partial charge in [0.2, 0.25) is 0 Å². The summed E-state index contributed by atoms with van der Waals surface area (Å²) in [6.07, 6.45) is 2.02. The van der Waals surface area contributed by atoms with Crippen molar-refractivity contribution in [2.24, 2.45) is 0 Å². The standard InChI is InChI=1S/C17H22N2O/c1-11(2)16-10-18-13(4)19-17(16)15-8-6-7-14(9-15)12(3)20-5/h6-12H,1-5H3. The van der Waals surface area contributed by atoms with E-state index in [-0.39, 0.29) is 6.10 Å². The zero-order valence-corrected chi connectivity index (χ0v) is 12.8. The lowest BCUT2D eigenvalue weighted by Crippen LogP contribution is -2.01. The molecular weight excluding hydrogens is 248 g/mol. The van der Waals surface area contributed by atoms with Gasteiger partial charge in [0.1, 0.15) is 5.82 Å². The van der Waals surface area contributed by atoms with E-state index in [1.807, 2.05) is 20.0 Å². The van der Waals surface area contributed by atoms with Crippen LogP contribution in [0.2, 0.25) is 0 Å². The van der Waals surface area contributed by atoms with Crippen LogP contribution in [-0.4, -0.2) is 17.1 Å². The van der Waals surface area contributed by atoms with Gasteiger partial charge >= 0.3 is 0 Å². The molecule has 0 aliphatic heterocycles. The molecule has 0 radical (unpaired) electrons. The van der Waals surface area contributed by atoms with Crippen molar-refractivity contribution < 1.29 is 4.74 Å². The van der Waals surface area contributed by atoms with Gasteiger partial charge in [0.05, 0.1) is 11.8 Å². The molecule has 3 heteroatoms. The number of rotatable bonds is 4. The highest BCUT2D eigenvalue weighted by molar-refractivity contribution is 5.64. The lowest BCUT2D eigenvalue weighted by atomic mass is 9.97. The maximum Gasteiger partial charge on any atom is 0.125 e. The fourth-order valence-electron chi connectivity index (χ4n) is 2.21. The Hall–Kier alpha value is -1.74. The summed E-state index contributed by atoms with van der Waals surface area (Å²) in [5.74, 6) is 1.20. The third kappa shape index (κ3) is 3.05. The molecule has 0 saturated heterocycles. The SMILES string of the molecule is COC(C)c1cccc(-c2nc(C)ncc2C(C)C)c1. The zero-order chi connectivity index (χ0) is 14.7. The van der Waals surface area contributed by atoms with Crippen molar-refractivity contribution in [3.8, 4) is 11.3 Å². The zero-order valence-electron chi connectivity index (χ0n) is 12.8. The molecule has 0 aliphatic carbocycles. The van der Waals surface area contributed by atoms with Crippen LogP contribution in [0.15, 0.2) is 30.5 Å². The van der Waals surface area contributed by atoms with E-state index in [0.29, 0.717) is 5.92 Å². The van der Waals surface area contributed by atoms with Crippen LogP contribution >= 0.6 is 0 Å². The van der Waals surface area contributed by atoms with Crippen molar-refractivity contribution in [2.45, 2.75) is 39.7 Å². The Morgan fingerprint density at radius 1 is 1.15 bits per heavy atom. The van der Waals surface area contributed by atoms with Crippen LogP contribution in [0, 0.1) is 6.92 Å². The monoisotopic (exact) mass is 270 g/mol. The predicted molar refractivity (Wildman–Crippen MR) is 81.7 cm³/mol. The summed E-state index contributed by atoms with van der Waals surface area (Å²) in [5.41, 5.74) is 4.49. The molecule has 1 unspecified atom stereocenters. The number of benzene rings is 1. The van der Waals surface area contributed by atoms with Crippen LogP contribution in [0.1, 0.15) is 49.7 Å². The number of methoxy groups -OCH3 is 1. The topological polar surface area (TPSA) is 35.0 Å². The lowest BCUT2D eigenvalue weighted by Gasteiger charge is -2.15. The van der Waals surface area contributed by atoms with E-state index in [4.69, 9.17) is 4.74 Å². The highest BCUT2D eigenvalue weighted by atomic mass is 16.5. The number of hydrogen-bond acceptors (Lipinski definition) is 3. The van der Waals surface area contributed by atoms with E-state index in [2.05, 4.69) is 48.1 Å². The third-order valence-corrected chi connectivity index (χ3v) is 3.54. The highest BCUT2D eigenvalue weighted by Gasteiger charge is 2.13. The average Bonchev–Trinajstić information content (AvgIpc) is 2.46. The minimum absolute atomic E-state index is 0.0837. The average molecular weight is 270 g/mol. The Bertz CT molecular complexity index is 593. The van der Waals surface area contributed by atoms with Crippen molar-refractivity contribution >= 4 is 0 Å². The highest BCUT2D eigenvalue weighted by Crippen LogP contribution is 2.29. The van der Waals surface area contributed by atoms with E-state index in [1.165, 1.54) is 5.56 Å². The van der Waals surface area contributed by atoms with E-state index in [0.717, 1.165) is 22.6 Å². The van der Waals surface area contributed by atoms with Crippen molar-refractivity contribution in [1.29, 1.82) is 0 Å². The first-order chi connectivity index (χ1) is 9.52. The number of hydrogen-bond donors (Lipinski definition) is 0. The van der Waals surface area contributed by atoms with Crippen molar-refractivity contribution in [3.05, 3.63) is 47.4 Å². The van der Waals surface area contributed by atoms with E-state index < -0.39 is 0 Å². The molecule has 0 N–H and O–H groups in total. The Balaban J connectivity index is 2.53. The van der Waals surface area contributed by atoms with E-state index >= 15 is 0 Å². The molecule has 0 amide bonds. The van der Waals surface area contributed by atoms with Gasteiger partial charge in [-0.2, -0.15) is 0 Å². The second-order valence-corrected chi connectivity index (χ2v) is 5.38. The van der Waals surface area contributed by atoms with Gasteiger partial charge in [-0.1, -0.05) is 32.0 Å². The van der Waals surface area contributed by atoms with Gasteiger partial charge < -0.3 is 4.74 Å². The Kier molecular flexibility index (Phi) is 4.50. The molecule has 0 fully saturated rings. The molecule has 0 spiro atoms. The molecule has 1 heterocycles. The van der Waals surface area contributed by atoms with Crippen LogP contribution in [0.5, 0.6) is 0 Å². The normalized spacial score (nSPS) is 12.7. The number of nitrogens with zero attached hydrogens (tertiary/aromatic N) is 2. The molecule has 106 valence electrons. The fraction of sp³-hybridized carbons (Fsp3) is 0.412. The minimum atomic E-state index is 0.0837. The van der Waals surface area contributed by atoms with Crippen molar-refractivity contribution in [3.63, 3.8) is 0 Å². The first-order valence-corrected chi connectivity index (χ1v) is 6.99. The molecule has 0 saturated carbocycles. The van der Waals surface area contributed by atoms with Crippen LogP contribution < -0.4 is 0 Å². The summed E-state index contributed by atoms with van der Waals surface area (Å²) in [4.78, 5) is 8.96. The van der Waals surface area contributed by atoms with Gasteiger partial charge in [0, 0.05) is 18.9 Å². The molecule has 0 bridgehead atoms. The van der Waals surface area contributed by atoms with Gasteiger partial charge in [-0.3, -0.25) is 0 Å². The number of ether oxygens (including phenoxy) is 1. The fourth-order valence-corrected chi connectivity index (χ4v) is 2.21. The predicted octanol–water partition coefficient (Wildman–Crippen LogP) is 4.28. The first-order valence-electron chi connectivity index (χ1n) is 6.99. The summed E-state index contributed by atoms with van der Waals surface area (Å²) in [7, 11) is 1.73. The third-order valence-electron chi connectivity index (χ3n) is 3.54. The van der Waals surface area contributed by atoms with Crippen LogP contribution in [0.4, 0.5) is 0 Å². The second-order valence-electron chi connectivity index (χ2n) is 5.38. The summed E-state index contributed by atoms with van der Waals surface area (Å²) in [6, 6.07) is 8.39.